The van der Waals surface area contributed by atoms with Crippen molar-refractivity contribution in [1.82, 2.24) is 4.90 Å². The van der Waals surface area contributed by atoms with Crippen LogP contribution in [0.3, 0.4) is 0 Å². The maximum Gasteiger partial charge on any atom is 0.512 e. The van der Waals surface area contributed by atoms with Gasteiger partial charge in [0.1, 0.15) is 0 Å². The van der Waals surface area contributed by atoms with Crippen molar-refractivity contribution in [2.75, 3.05) is 6.54 Å². The monoisotopic (exact) mass is 391 g/mol. The fraction of sp³-hybridized carbons (Fsp3) is 0.524. The van der Waals surface area contributed by atoms with Gasteiger partial charge in [-0.15, -0.1) is 11.3 Å². The maximum absolute atomic E-state index is 12.2. The molecule has 1 aromatic rings. The van der Waals surface area contributed by atoms with E-state index in [4.69, 9.17) is 5.11 Å². The molecule has 6 heteroatoms. The topological polar surface area (TPSA) is 66.8 Å². The van der Waals surface area contributed by atoms with Gasteiger partial charge in [0.15, 0.2) is 5.06 Å². The number of carboxylic acid groups (broad SMARTS) is 1. The predicted molar refractivity (Wildman–Crippen MR) is 108 cm³/mol. The maximum atomic E-state index is 12.2. The van der Waals surface area contributed by atoms with Crippen LogP contribution in [-0.2, 0) is 11.2 Å². The van der Waals surface area contributed by atoms with Gasteiger partial charge in [0.05, 0.1) is 6.04 Å². The molecule has 1 saturated heterocycles. The summed E-state index contributed by atoms with van der Waals surface area (Å²) >= 11 is 1.34. The number of hydrogen-bond acceptors (Lipinski definition) is 4. The summed E-state index contributed by atoms with van der Waals surface area (Å²) in [6.45, 7) is 5.03. The fourth-order valence-electron chi connectivity index (χ4n) is 3.17. The van der Waals surface area contributed by atoms with Gasteiger partial charge in [0.25, 0.3) is 0 Å². The van der Waals surface area contributed by atoms with E-state index in [-0.39, 0.29) is 11.9 Å². The van der Waals surface area contributed by atoms with Crippen molar-refractivity contribution < 1.29 is 19.4 Å². The van der Waals surface area contributed by atoms with Crippen molar-refractivity contribution in [3.63, 3.8) is 0 Å². The molecule has 0 bridgehead atoms. The lowest BCUT2D eigenvalue weighted by Gasteiger charge is -2.22. The minimum absolute atomic E-state index is 0.182. The Labute approximate surface area is 165 Å². The molecule has 0 unspecified atom stereocenters. The number of rotatable bonds is 10. The summed E-state index contributed by atoms with van der Waals surface area (Å²) in [4.78, 5) is 25.8. The summed E-state index contributed by atoms with van der Waals surface area (Å²) in [5.74, 6) is 0.221. The first-order valence-electron chi connectivity index (χ1n) is 9.63. The number of amides is 1. The molecular weight excluding hydrogens is 362 g/mol. The Morgan fingerprint density at radius 1 is 1.41 bits per heavy atom. The third-order valence-electron chi connectivity index (χ3n) is 4.63. The highest BCUT2D eigenvalue weighted by Gasteiger charge is 2.28. The zero-order valence-electron chi connectivity index (χ0n) is 16.1. The fourth-order valence-corrected chi connectivity index (χ4v) is 4.06. The number of ether oxygens (including phenoxy) is 1. The highest BCUT2D eigenvalue weighted by atomic mass is 32.1. The number of nitrogens with zero attached hydrogens (tertiary/aromatic N) is 1. The Hall–Kier alpha value is -2.08. The number of allylic oxidation sites excluding steroid dienone is 3. The summed E-state index contributed by atoms with van der Waals surface area (Å²) in [7, 11) is 0. The molecule has 2 heterocycles. The Bertz CT molecular complexity index is 692. The van der Waals surface area contributed by atoms with Crippen LogP contribution < -0.4 is 4.74 Å². The summed E-state index contributed by atoms with van der Waals surface area (Å²) in [5.41, 5.74) is 1.26. The predicted octanol–water partition coefficient (Wildman–Crippen LogP) is 5.42. The molecule has 2 rings (SSSR count). The van der Waals surface area contributed by atoms with Gasteiger partial charge in [0.2, 0.25) is 5.91 Å². The Balaban J connectivity index is 1.82. The number of unbranched alkanes of at least 4 members (excludes halogenated alkanes) is 2. The third kappa shape index (κ3) is 7.21. The van der Waals surface area contributed by atoms with Gasteiger partial charge in [-0.3, -0.25) is 4.79 Å². The SMILES string of the molecule is CCCC/C=C(C)/C=C/[C@H]1CCC(=O)N1CCCc1ccc(OC(=O)O)s1. The minimum Gasteiger partial charge on any atom is -0.449 e. The number of carbonyl (C=O) groups is 2. The van der Waals surface area contributed by atoms with Crippen LogP contribution in [-0.4, -0.2) is 34.7 Å². The molecule has 1 fully saturated rings. The quantitative estimate of drug-likeness (QED) is 0.328. The molecule has 27 heavy (non-hydrogen) atoms. The molecule has 0 aliphatic carbocycles. The van der Waals surface area contributed by atoms with E-state index in [1.165, 1.54) is 29.8 Å². The van der Waals surface area contributed by atoms with Crippen molar-refractivity contribution >= 4 is 23.4 Å². The van der Waals surface area contributed by atoms with Crippen LogP contribution >= 0.6 is 11.3 Å². The van der Waals surface area contributed by atoms with Gasteiger partial charge in [-0.2, -0.15) is 0 Å². The number of thiophene rings is 1. The number of hydrogen-bond donors (Lipinski definition) is 1. The molecule has 1 aliphatic rings. The van der Waals surface area contributed by atoms with E-state index >= 15 is 0 Å². The third-order valence-corrected chi connectivity index (χ3v) is 5.65. The first kappa shape index (κ1) is 21.2. The van der Waals surface area contributed by atoms with E-state index in [9.17, 15) is 9.59 Å². The average molecular weight is 392 g/mol. The van der Waals surface area contributed by atoms with Crippen LogP contribution in [0.15, 0.2) is 35.9 Å². The molecule has 148 valence electrons. The minimum atomic E-state index is -1.29. The smallest absolute Gasteiger partial charge is 0.449 e. The Morgan fingerprint density at radius 2 is 2.22 bits per heavy atom. The molecule has 0 radical (unpaired) electrons. The van der Waals surface area contributed by atoms with Gasteiger partial charge >= 0.3 is 6.16 Å². The van der Waals surface area contributed by atoms with Gasteiger partial charge < -0.3 is 14.7 Å². The second-order valence-corrected chi connectivity index (χ2v) is 7.97. The molecule has 0 spiro atoms. The van der Waals surface area contributed by atoms with Gasteiger partial charge in [0, 0.05) is 17.8 Å². The van der Waals surface area contributed by atoms with Crippen LogP contribution in [0.5, 0.6) is 5.06 Å². The molecular formula is C21H29NO4S. The van der Waals surface area contributed by atoms with Crippen LogP contribution in [0.2, 0.25) is 0 Å². The van der Waals surface area contributed by atoms with Gasteiger partial charge in [-0.25, -0.2) is 4.79 Å². The molecule has 0 saturated carbocycles. The van der Waals surface area contributed by atoms with Crippen molar-refractivity contribution in [3.05, 3.63) is 40.8 Å². The average Bonchev–Trinajstić information content (AvgIpc) is 3.20. The standard InChI is InChI=1S/C21H29NO4S/c1-3-4-5-7-16(2)9-10-17-11-13-19(23)22(17)15-6-8-18-12-14-20(27-18)26-21(24)25/h7,9-10,12,14,17H,3-6,8,11,13,15H2,1-2H3,(H,24,25)/b10-9+,16-7+/t17-/m0/s1. The lowest BCUT2D eigenvalue weighted by Crippen LogP contribution is -2.32. The van der Waals surface area contributed by atoms with E-state index < -0.39 is 6.16 Å². The second kappa shape index (κ2) is 10.9. The summed E-state index contributed by atoms with van der Waals surface area (Å²) in [6, 6.07) is 3.74. The summed E-state index contributed by atoms with van der Waals surface area (Å²) in [5, 5.41) is 9.02. The molecule has 1 aliphatic heterocycles. The van der Waals surface area contributed by atoms with Crippen LogP contribution in [0, 0.1) is 0 Å². The molecule has 1 atom stereocenters. The number of aryl methyl sites for hydroxylation is 1. The first-order valence-corrected chi connectivity index (χ1v) is 10.4. The van der Waals surface area contributed by atoms with Crippen LogP contribution in [0.4, 0.5) is 4.79 Å². The highest BCUT2D eigenvalue weighted by molar-refractivity contribution is 7.13. The van der Waals surface area contributed by atoms with Crippen LogP contribution in [0.1, 0.15) is 57.2 Å². The van der Waals surface area contributed by atoms with Crippen molar-refractivity contribution in [2.24, 2.45) is 0 Å². The van der Waals surface area contributed by atoms with E-state index in [0.29, 0.717) is 11.5 Å². The second-order valence-electron chi connectivity index (χ2n) is 6.83. The molecule has 1 aromatic heterocycles. The first-order chi connectivity index (χ1) is 13.0. The normalized spacial score (nSPS) is 17.9. The molecule has 0 aromatic carbocycles. The molecule has 1 N–H and O–H groups in total. The van der Waals surface area contributed by atoms with Crippen molar-refractivity contribution in [3.8, 4) is 5.06 Å². The van der Waals surface area contributed by atoms with Gasteiger partial charge in [-0.1, -0.05) is 43.6 Å². The van der Waals surface area contributed by atoms with Gasteiger partial charge in [-0.05, 0) is 44.7 Å². The van der Waals surface area contributed by atoms with E-state index in [1.807, 2.05) is 11.0 Å². The highest BCUT2D eigenvalue weighted by Crippen LogP contribution is 2.26. The molecule has 1 amide bonds. The Morgan fingerprint density at radius 3 is 2.96 bits per heavy atom. The summed E-state index contributed by atoms with van der Waals surface area (Å²) < 4.78 is 4.65. The van der Waals surface area contributed by atoms with E-state index in [0.717, 1.165) is 37.1 Å². The largest absolute Gasteiger partial charge is 0.512 e. The number of carbonyl (C=O) groups excluding carboxylic acids is 1. The lowest BCUT2D eigenvalue weighted by molar-refractivity contribution is -0.128. The number of likely N-dealkylation sites (tertiary alicyclic amines) is 1. The lowest BCUT2D eigenvalue weighted by atomic mass is 10.1. The van der Waals surface area contributed by atoms with E-state index in [2.05, 4.69) is 36.8 Å². The van der Waals surface area contributed by atoms with Crippen molar-refractivity contribution in [1.29, 1.82) is 0 Å². The van der Waals surface area contributed by atoms with Crippen molar-refractivity contribution in [2.45, 2.75) is 64.8 Å². The Kier molecular flexibility index (Phi) is 8.58. The zero-order chi connectivity index (χ0) is 19.6. The summed E-state index contributed by atoms with van der Waals surface area (Å²) in [6.07, 6.45) is 11.9. The van der Waals surface area contributed by atoms with Crippen LogP contribution in [0.25, 0.3) is 0 Å². The molecule has 5 nitrogen and oxygen atoms in total. The zero-order valence-corrected chi connectivity index (χ0v) is 17.0. The van der Waals surface area contributed by atoms with E-state index in [1.54, 1.807) is 6.07 Å².